The Hall–Kier alpha value is -2.58. The molecule has 0 atom stereocenters. The van der Waals surface area contributed by atoms with Crippen molar-refractivity contribution in [1.82, 2.24) is 9.97 Å². The third-order valence-corrected chi connectivity index (χ3v) is 4.98. The summed E-state index contributed by atoms with van der Waals surface area (Å²) in [7, 11) is -0.856. The maximum absolute atomic E-state index is 12.6. The quantitative estimate of drug-likeness (QED) is 0.685. The predicted octanol–water partition coefficient (Wildman–Crippen LogP) is 3.10. The molecule has 7 nitrogen and oxygen atoms in total. The molecular formula is C16H14ClN3O4S. The number of ether oxygens (including phenoxy) is 2. The van der Waals surface area contributed by atoms with Crippen molar-refractivity contribution in [3.05, 3.63) is 47.7 Å². The van der Waals surface area contributed by atoms with Crippen LogP contribution in [-0.2, 0) is 10.0 Å². The highest BCUT2D eigenvalue weighted by atomic mass is 35.5. The van der Waals surface area contributed by atoms with Gasteiger partial charge in [-0.25, -0.2) is 13.4 Å². The molecule has 3 aromatic rings. The van der Waals surface area contributed by atoms with Gasteiger partial charge in [0.15, 0.2) is 17.3 Å². The van der Waals surface area contributed by atoms with E-state index in [0.717, 1.165) is 0 Å². The van der Waals surface area contributed by atoms with E-state index in [4.69, 9.17) is 21.1 Å². The number of fused-ring (bicyclic) bond motifs is 1. The smallest absolute Gasteiger partial charge is 0.263 e. The molecule has 1 N–H and O–H groups in total. The minimum atomic E-state index is -3.83. The molecule has 130 valence electrons. The van der Waals surface area contributed by atoms with Crippen molar-refractivity contribution in [3.63, 3.8) is 0 Å². The summed E-state index contributed by atoms with van der Waals surface area (Å²) in [6, 6.07) is 11.2. The molecule has 0 fully saturated rings. The van der Waals surface area contributed by atoms with E-state index in [2.05, 4.69) is 14.7 Å². The molecule has 0 spiro atoms. The molecule has 0 aliphatic rings. The highest BCUT2D eigenvalue weighted by molar-refractivity contribution is 7.92. The van der Waals surface area contributed by atoms with Crippen molar-refractivity contribution in [2.45, 2.75) is 4.90 Å². The van der Waals surface area contributed by atoms with E-state index in [-0.39, 0.29) is 16.0 Å². The number of anilines is 1. The second-order valence-electron chi connectivity index (χ2n) is 4.98. The highest BCUT2D eigenvalue weighted by Gasteiger charge is 2.19. The van der Waals surface area contributed by atoms with Crippen LogP contribution in [-0.4, -0.2) is 32.6 Å². The topological polar surface area (TPSA) is 90.4 Å². The predicted molar refractivity (Wildman–Crippen MR) is 94.9 cm³/mol. The fraction of sp³-hybridized carbons (Fsp3) is 0.125. The first kappa shape index (κ1) is 17.2. The van der Waals surface area contributed by atoms with Gasteiger partial charge in [-0.2, -0.15) is 4.98 Å². The third-order valence-electron chi connectivity index (χ3n) is 3.46. The van der Waals surface area contributed by atoms with E-state index in [1.807, 2.05) is 0 Å². The molecule has 3 rings (SSSR count). The molecule has 25 heavy (non-hydrogen) atoms. The van der Waals surface area contributed by atoms with Crippen molar-refractivity contribution in [2.75, 3.05) is 18.9 Å². The average molecular weight is 380 g/mol. The van der Waals surface area contributed by atoms with Gasteiger partial charge in [-0.05, 0) is 29.8 Å². The molecule has 0 unspecified atom stereocenters. The zero-order valence-electron chi connectivity index (χ0n) is 13.4. The third kappa shape index (κ3) is 3.45. The largest absolute Gasteiger partial charge is 0.493 e. The number of rotatable bonds is 5. The van der Waals surface area contributed by atoms with Gasteiger partial charge in [0, 0.05) is 11.5 Å². The van der Waals surface area contributed by atoms with Crippen LogP contribution < -0.4 is 14.2 Å². The van der Waals surface area contributed by atoms with Crippen LogP contribution in [0, 0.1) is 0 Å². The average Bonchev–Trinajstić information content (AvgIpc) is 2.61. The summed E-state index contributed by atoms with van der Waals surface area (Å²) in [5, 5.41) is 0.340. The molecule has 0 saturated carbocycles. The number of nitrogens with zero attached hydrogens (tertiary/aromatic N) is 2. The molecule has 1 aromatic heterocycles. The maximum Gasteiger partial charge on any atom is 0.263 e. The van der Waals surface area contributed by atoms with Gasteiger partial charge in [-0.3, -0.25) is 4.72 Å². The standard InChI is InChI=1S/C16H14ClN3O4S/c1-23-13-8-11-12(9-14(13)24-2)18-16(17)19-15(11)20-25(21,22)10-6-4-3-5-7-10/h3-9H,1-2H3,(H,18,19,20). The number of halogens is 1. The summed E-state index contributed by atoms with van der Waals surface area (Å²) in [4.78, 5) is 8.23. The number of benzene rings is 2. The van der Waals surface area contributed by atoms with Gasteiger partial charge in [-0.15, -0.1) is 0 Å². The van der Waals surface area contributed by atoms with Crippen molar-refractivity contribution in [2.24, 2.45) is 0 Å². The summed E-state index contributed by atoms with van der Waals surface area (Å²) < 4.78 is 38.1. The van der Waals surface area contributed by atoms with Crippen molar-refractivity contribution >= 4 is 38.3 Å². The molecule has 0 saturated heterocycles. The van der Waals surface area contributed by atoms with Crippen molar-refractivity contribution < 1.29 is 17.9 Å². The van der Waals surface area contributed by atoms with E-state index >= 15 is 0 Å². The molecular weight excluding hydrogens is 366 g/mol. The van der Waals surface area contributed by atoms with Gasteiger partial charge in [0.05, 0.1) is 24.6 Å². The van der Waals surface area contributed by atoms with E-state index in [9.17, 15) is 8.42 Å². The lowest BCUT2D eigenvalue weighted by Crippen LogP contribution is -2.14. The molecule has 1 heterocycles. The summed E-state index contributed by atoms with van der Waals surface area (Å²) in [5.41, 5.74) is 0.420. The number of sulfonamides is 1. The minimum absolute atomic E-state index is 0.0554. The molecule has 0 bridgehead atoms. The molecule has 0 aliphatic heterocycles. The Morgan fingerprint density at radius 3 is 2.28 bits per heavy atom. The molecule has 0 amide bonds. The van der Waals surface area contributed by atoms with E-state index in [0.29, 0.717) is 22.4 Å². The van der Waals surface area contributed by atoms with Gasteiger partial charge < -0.3 is 9.47 Å². The van der Waals surface area contributed by atoms with Gasteiger partial charge in [0.1, 0.15) is 0 Å². The van der Waals surface area contributed by atoms with Crippen molar-refractivity contribution in [3.8, 4) is 11.5 Å². The second kappa shape index (κ2) is 6.73. The van der Waals surface area contributed by atoms with Crippen LogP contribution in [0.25, 0.3) is 10.9 Å². The first-order valence-corrected chi connectivity index (χ1v) is 8.98. The van der Waals surface area contributed by atoms with Gasteiger partial charge >= 0.3 is 0 Å². The summed E-state index contributed by atoms with van der Waals surface area (Å²) >= 11 is 5.94. The number of methoxy groups -OCH3 is 2. The summed E-state index contributed by atoms with van der Waals surface area (Å²) in [5.74, 6) is 0.919. The normalized spacial score (nSPS) is 11.3. The van der Waals surface area contributed by atoms with Gasteiger partial charge in [0.25, 0.3) is 10.0 Å². The van der Waals surface area contributed by atoms with Gasteiger partial charge in [0.2, 0.25) is 5.28 Å². The van der Waals surface area contributed by atoms with E-state index < -0.39 is 10.0 Å². The second-order valence-corrected chi connectivity index (χ2v) is 7.00. The Bertz CT molecular complexity index is 1030. The van der Waals surface area contributed by atoms with Crippen LogP contribution in [0.1, 0.15) is 0 Å². The number of aromatic nitrogens is 2. The molecule has 2 aromatic carbocycles. The maximum atomic E-state index is 12.6. The highest BCUT2D eigenvalue weighted by Crippen LogP contribution is 2.35. The zero-order chi connectivity index (χ0) is 18.0. The van der Waals surface area contributed by atoms with E-state index in [1.54, 1.807) is 30.3 Å². The first-order chi connectivity index (χ1) is 11.9. The number of hydrogen-bond acceptors (Lipinski definition) is 6. The van der Waals surface area contributed by atoms with Crippen LogP contribution in [0.5, 0.6) is 11.5 Å². The Morgan fingerprint density at radius 1 is 1.00 bits per heavy atom. The fourth-order valence-corrected chi connectivity index (χ4v) is 3.51. The lowest BCUT2D eigenvalue weighted by atomic mass is 10.2. The van der Waals surface area contributed by atoms with Crippen LogP contribution in [0.4, 0.5) is 5.82 Å². The van der Waals surface area contributed by atoms with Crippen LogP contribution in [0.15, 0.2) is 47.4 Å². The molecule has 0 aliphatic carbocycles. The summed E-state index contributed by atoms with van der Waals surface area (Å²) in [6.07, 6.45) is 0. The Labute approximate surface area is 149 Å². The summed E-state index contributed by atoms with van der Waals surface area (Å²) in [6.45, 7) is 0. The van der Waals surface area contributed by atoms with Gasteiger partial charge in [-0.1, -0.05) is 18.2 Å². The van der Waals surface area contributed by atoms with Crippen LogP contribution >= 0.6 is 11.6 Å². The lowest BCUT2D eigenvalue weighted by Gasteiger charge is -2.13. The zero-order valence-corrected chi connectivity index (χ0v) is 14.9. The van der Waals surface area contributed by atoms with E-state index in [1.165, 1.54) is 26.4 Å². The SMILES string of the molecule is COc1cc2nc(Cl)nc(NS(=O)(=O)c3ccccc3)c2cc1OC. The number of nitrogens with one attached hydrogen (secondary N) is 1. The van der Waals surface area contributed by atoms with Crippen LogP contribution in [0.3, 0.4) is 0 Å². The first-order valence-electron chi connectivity index (χ1n) is 7.12. The Kier molecular flexibility index (Phi) is 4.65. The Balaban J connectivity index is 2.16. The number of hydrogen-bond donors (Lipinski definition) is 1. The minimum Gasteiger partial charge on any atom is -0.493 e. The van der Waals surface area contributed by atoms with Crippen molar-refractivity contribution in [1.29, 1.82) is 0 Å². The lowest BCUT2D eigenvalue weighted by molar-refractivity contribution is 0.356. The fourth-order valence-electron chi connectivity index (χ4n) is 2.29. The van der Waals surface area contributed by atoms with Crippen LogP contribution in [0.2, 0.25) is 5.28 Å². The Morgan fingerprint density at radius 2 is 1.64 bits per heavy atom. The monoisotopic (exact) mass is 379 g/mol. The molecule has 9 heteroatoms. The molecule has 0 radical (unpaired) electrons.